The first-order chi connectivity index (χ1) is 11.5. The number of non-ortho nitro benzene ring substituents is 1. The van der Waals surface area contributed by atoms with E-state index in [0.29, 0.717) is 18.0 Å². The van der Waals surface area contributed by atoms with Crippen LogP contribution in [-0.2, 0) is 9.59 Å². The largest absolute Gasteiger partial charge is 0.494 e. The second kappa shape index (κ2) is 7.73. The van der Waals surface area contributed by atoms with E-state index in [0.717, 1.165) is 0 Å². The number of hydrogen-bond acceptors (Lipinski definition) is 5. The van der Waals surface area contributed by atoms with Gasteiger partial charge >= 0.3 is 11.8 Å². The summed E-state index contributed by atoms with van der Waals surface area (Å²) in [5.41, 5.74) is 0.626. The fourth-order valence-electron chi connectivity index (χ4n) is 1.84. The van der Waals surface area contributed by atoms with Crippen LogP contribution in [0.4, 0.5) is 17.1 Å². The summed E-state index contributed by atoms with van der Waals surface area (Å²) in [5.74, 6) is -1.07. The molecule has 0 saturated heterocycles. The highest BCUT2D eigenvalue weighted by atomic mass is 16.6. The van der Waals surface area contributed by atoms with Crippen LogP contribution >= 0.6 is 0 Å². The number of carbonyl (C=O) groups excluding carboxylic acids is 2. The number of nitrogens with zero attached hydrogens (tertiary/aromatic N) is 1. The van der Waals surface area contributed by atoms with Gasteiger partial charge in [-0.3, -0.25) is 19.7 Å². The van der Waals surface area contributed by atoms with Crippen molar-refractivity contribution in [2.24, 2.45) is 0 Å². The summed E-state index contributed by atoms with van der Waals surface area (Å²) in [5, 5.41) is 15.4. The zero-order chi connectivity index (χ0) is 17.5. The van der Waals surface area contributed by atoms with Crippen LogP contribution in [0.3, 0.4) is 0 Å². The zero-order valence-electron chi connectivity index (χ0n) is 12.8. The number of ether oxygens (including phenoxy) is 1. The Labute approximate surface area is 137 Å². The summed E-state index contributed by atoms with van der Waals surface area (Å²) in [7, 11) is 0. The van der Waals surface area contributed by atoms with Gasteiger partial charge in [-0.1, -0.05) is 0 Å². The molecule has 0 atom stereocenters. The Morgan fingerprint density at radius 3 is 1.83 bits per heavy atom. The number of rotatable bonds is 5. The smallest absolute Gasteiger partial charge is 0.314 e. The van der Waals surface area contributed by atoms with E-state index >= 15 is 0 Å². The molecule has 2 N–H and O–H groups in total. The van der Waals surface area contributed by atoms with Gasteiger partial charge < -0.3 is 15.4 Å². The molecule has 0 unspecified atom stereocenters. The maximum absolute atomic E-state index is 11.8. The first-order valence-electron chi connectivity index (χ1n) is 7.09. The van der Waals surface area contributed by atoms with Crippen LogP contribution in [0.1, 0.15) is 6.92 Å². The van der Waals surface area contributed by atoms with Gasteiger partial charge in [0.2, 0.25) is 0 Å². The van der Waals surface area contributed by atoms with Crippen LogP contribution < -0.4 is 15.4 Å². The standard InChI is InChI=1S/C16H15N3O5/c1-2-24-14-9-5-12(6-10-14)18-16(21)15(20)17-11-3-7-13(8-4-11)19(22)23/h3-10H,2H2,1H3,(H,17,20)(H,18,21). The highest BCUT2D eigenvalue weighted by Gasteiger charge is 2.14. The summed E-state index contributed by atoms with van der Waals surface area (Å²) >= 11 is 0. The Bertz CT molecular complexity index is 741. The third-order valence-corrected chi connectivity index (χ3v) is 2.97. The normalized spacial score (nSPS) is 9.88. The molecule has 0 aliphatic heterocycles. The molecular formula is C16H15N3O5. The average Bonchev–Trinajstić information content (AvgIpc) is 2.57. The van der Waals surface area contributed by atoms with Crippen LogP contribution in [0.5, 0.6) is 5.75 Å². The monoisotopic (exact) mass is 329 g/mol. The van der Waals surface area contributed by atoms with Gasteiger partial charge in [-0.25, -0.2) is 0 Å². The molecular weight excluding hydrogens is 314 g/mol. The van der Waals surface area contributed by atoms with Crippen LogP contribution in [0.15, 0.2) is 48.5 Å². The van der Waals surface area contributed by atoms with Crippen molar-refractivity contribution >= 4 is 28.9 Å². The van der Waals surface area contributed by atoms with Crippen molar-refractivity contribution in [2.75, 3.05) is 17.2 Å². The fraction of sp³-hybridized carbons (Fsp3) is 0.125. The molecule has 0 radical (unpaired) electrons. The predicted molar refractivity (Wildman–Crippen MR) is 88.0 cm³/mol. The summed E-state index contributed by atoms with van der Waals surface area (Å²) < 4.78 is 5.28. The van der Waals surface area contributed by atoms with Crippen molar-refractivity contribution in [2.45, 2.75) is 6.92 Å². The highest BCUT2D eigenvalue weighted by Crippen LogP contribution is 2.17. The second-order valence-electron chi connectivity index (χ2n) is 4.67. The van der Waals surface area contributed by atoms with E-state index in [2.05, 4.69) is 10.6 Å². The van der Waals surface area contributed by atoms with Crippen molar-refractivity contribution in [1.82, 2.24) is 0 Å². The summed E-state index contributed by atoms with van der Waals surface area (Å²) in [6.45, 7) is 2.39. The molecule has 124 valence electrons. The zero-order valence-corrected chi connectivity index (χ0v) is 12.8. The lowest BCUT2D eigenvalue weighted by atomic mass is 10.2. The fourth-order valence-corrected chi connectivity index (χ4v) is 1.84. The molecule has 8 heteroatoms. The Morgan fingerprint density at radius 2 is 1.42 bits per heavy atom. The number of amides is 2. The molecule has 24 heavy (non-hydrogen) atoms. The quantitative estimate of drug-likeness (QED) is 0.497. The Balaban J connectivity index is 1.94. The molecule has 2 rings (SSSR count). The van der Waals surface area contributed by atoms with E-state index in [1.165, 1.54) is 24.3 Å². The highest BCUT2D eigenvalue weighted by molar-refractivity contribution is 6.43. The molecule has 0 heterocycles. The van der Waals surface area contributed by atoms with Crippen LogP contribution in [-0.4, -0.2) is 23.3 Å². The number of hydrogen-bond donors (Lipinski definition) is 2. The predicted octanol–water partition coefficient (Wildman–Crippen LogP) is 2.57. The third kappa shape index (κ3) is 4.54. The molecule has 0 aromatic heterocycles. The van der Waals surface area contributed by atoms with E-state index < -0.39 is 16.7 Å². The SMILES string of the molecule is CCOc1ccc(NC(=O)C(=O)Nc2ccc([N+](=O)[O-])cc2)cc1. The summed E-state index contributed by atoms with van der Waals surface area (Å²) in [6.07, 6.45) is 0. The Kier molecular flexibility index (Phi) is 5.45. The molecule has 0 spiro atoms. The van der Waals surface area contributed by atoms with E-state index in [1.807, 2.05) is 6.92 Å². The Hall–Kier alpha value is -3.42. The summed E-state index contributed by atoms with van der Waals surface area (Å²) in [4.78, 5) is 33.7. The van der Waals surface area contributed by atoms with E-state index in [9.17, 15) is 19.7 Å². The van der Waals surface area contributed by atoms with Gasteiger partial charge in [0, 0.05) is 23.5 Å². The number of carbonyl (C=O) groups is 2. The molecule has 0 fully saturated rings. The lowest BCUT2D eigenvalue weighted by Gasteiger charge is -2.07. The first-order valence-corrected chi connectivity index (χ1v) is 7.09. The summed E-state index contributed by atoms with van der Waals surface area (Å²) in [6, 6.07) is 11.7. The van der Waals surface area contributed by atoms with Gasteiger partial charge in [0.1, 0.15) is 5.75 Å². The lowest BCUT2D eigenvalue weighted by molar-refractivity contribution is -0.384. The van der Waals surface area contributed by atoms with Crippen LogP contribution in [0.2, 0.25) is 0 Å². The van der Waals surface area contributed by atoms with Crippen LogP contribution in [0, 0.1) is 10.1 Å². The van der Waals surface area contributed by atoms with Crippen molar-refractivity contribution in [3.05, 3.63) is 58.6 Å². The van der Waals surface area contributed by atoms with Gasteiger partial charge in [0.05, 0.1) is 11.5 Å². The van der Waals surface area contributed by atoms with Crippen molar-refractivity contribution in [3.8, 4) is 5.75 Å². The molecule has 0 saturated carbocycles. The number of anilines is 2. The molecule has 0 aliphatic rings. The first kappa shape index (κ1) is 16.9. The van der Waals surface area contributed by atoms with Crippen molar-refractivity contribution in [1.29, 1.82) is 0 Å². The molecule has 2 amide bonds. The molecule has 8 nitrogen and oxygen atoms in total. The van der Waals surface area contributed by atoms with Gasteiger partial charge in [-0.15, -0.1) is 0 Å². The minimum Gasteiger partial charge on any atom is -0.494 e. The van der Waals surface area contributed by atoms with Gasteiger partial charge in [-0.2, -0.15) is 0 Å². The minimum absolute atomic E-state index is 0.105. The van der Waals surface area contributed by atoms with E-state index in [-0.39, 0.29) is 11.4 Å². The van der Waals surface area contributed by atoms with Crippen molar-refractivity contribution in [3.63, 3.8) is 0 Å². The molecule has 2 aromatic rings. The topological polar surface area (TPSA) is 111 Å². The maximum Gasteiger partial charge on any atom is 0.314 e. The van der Waals surface area contributed by atoms with Gasteiger partial charge in [0.15, 0.2) is 0 Å². The minimum atomic E-state index is -0.877. The van der Waals surface area contributed by atoms with E-state index in [1.54, 1.807) is 24.3 Å². The average molecular weight is 329 g/mol. The van der Waals surface area contributed by atoms with E-state index in [4.69, 9.17) is 4.74 Å². The van der Waals surface area contributed by atoms with Gasteiger partial charge in [0.25, 0.3) is 5.69 Å². The number of nitro benzene ring substituents is 1. The second-order valence-corrected chi connectivity index (χ2v) is 4.67. The van der Waals surface area contributed by atoms with Gasteiger partial charge in [-0.05, 0) is 43.3 Å². The Morgan fingerprint density at radius 1 is 0.958 bits per heavy atom. The third-order valence-electron chi connectivity index (χ3n) is 2.97. The number of nitrogens with one attached hydrogen (secondary N) is 2. The van der Waals surface area contributed by atoms with Crippen molar-refractivity contribution < 1.29 is 19.2 Å². The molecule has 0 bridgehead atoms. The molecule has 2 aromatic carbocycles. The van der Waals surface area contributed by atoms with Crippen LogP contribution in [0.25, 0.3) is 0 Å². The number of nitro groups is 1. The number of benzene rings is 2. The maximum atomic E-state index is 11.8. The lowest BCUT2D eigenvalue weighted by Crippen LogP contribution is -2.29. The molecule has 0 aliphatic carbocycles.